The van der Waals surface area contributed by atoms with Crippen LogP contribution in [0.5, 0.6) is 17.2 Å². The minimum Gasteiger partial charge on any atom is -0.493 e. The second-order valence-corrected chi connectivity index (χ2v) is 9.35. The molecule has 1 aliphatic heterocycles. The molecule has 0 spiro atoms. The number of aliphatic hydroxyl groups is 1. The summed E-state index contributed by atoms with van der Waals surface area (Å²) in [4.78, 5) is 13.2. The quantitative estimate of drug-likeness (QED) is 0.397. The normalized spacial score (nSPS) is 31.7. The first-order valence-corrected chi connectivity index (χ1v) is 11.2. The number of carbonyl (C=O) groups is 1. The van der Waals surface area contributed by atoms with Gasteiger partial charge in [-0.05, 0) is 50.8 Å². The topological polar surface area (TPSA) is 86.8 Å². The molecule has 0 amide bonds. The molecule has 7 heteroatoms. The Balaban J connectivity index is 1.93. The molecule has 1 aromatic rings. The number of hydrogen-bond acceptors (Lipinski definition) is 7. The van der Waals surface area contributed by atoms with Crippen molar-refractivity contribution in [2.75, 3.05) is 21.3 Å². The zero-order valence-corrected chi connectivity index (χ0v) is 20.1. The van der Waals surface area contributed by atoms with E-state index in [9.17, 15) is 9.90 Å². The summed E-state index contributed by atoms with van der Waals surface area (Å²) in [6.45, 7) is 8.16. The molecule has 0 bridgehead atoms. The molecule has 2 aliphatic rings. The fourth-order valence-electron chi connectivity index (χ4n) is 4.77. The second-order valence-electron chi connectivity index (χ2n) is 9.35. The van der Waals surface area contributed by atoms with Crippen LogP contribution in [-0.4, -0.2) is 56.3 Å². The monoisotopic (exact) mass is 448 g/mol. The van der Waals surface area contributed by atoms with Crippen molar-refractivity contribution in [1.29, 1.82) is 0 Å². The van der Waals surface area contributed by atoms with E-state index in [0.29, 0.717) is 23.7 Å². The van der Waals surface area contributed by atoms with Gasteiger partial charge >= 0.3 is 5.97 Å². The predicted molar refractivity (Wildman–Crippen MR) is 121 cm³/mol. The van der Waals surface area contributed by atoms with Gasteiger partial charge in [0.05, 0.1) is 44.7 Å². The van der Waals surface area contributed by atoms with Crippen LogP contribution < -0.4 is 14.2 Å². The van der Waals surface area contributed by atoms with Crippen LogP contribution in [0.25, 0.3) is 0 Å². The Hall–Kier alpha value is -2.25. The van der Waals surface area contributed by atoms with Gasteiger partial charge < -0.3 is 28.8 Å². The lowest BCUT2D eigenvalue weighted by molar-refractivity contribution is -0.0253. The number of carbonyl (C=O) groups excluding carboxylic acids is 1. The number of allylic oxidation sites excluding steroid dienone is 1. The molecule has 1 aromatic carbocycles. The lowest BCUT2D eigenvalue weighted by atomic mass is 9.79. The standard InChI is InChI=1S/C25H36O7/c1-14(2)22-17(26)13-25(4)21(32-25)9-8-15(3)10-18(22)31-24(27)16-11-19(28-5)23(30-7)20(12-16)29-6/h10-12,14,17-18,21-22,26H,8-9,13H2,1-7H3/b15-10+/t17-,18+,21-,22-,25+/m0/s1. The van der Waals surface area contributed by atoms with Gasteiger partial charge in [-0.25, -0.2) is 4.79 Å². The van der Waals surface area contributed by atoms with Crippen molar-refractivity contribution in [3.05, 3.63) is 29.3 Å². The predicted octanol–water partition coefficient (Wildman–Crippen LogP) is 4.16. The second kappa shape index (κ2) is 9.71. The maximum Gasteiger partial charge on any atom is 0.339 e. The lowest BCUT2D eigenvalue weighted by Crippen LogP contribution is -2.40. The van der Waals surface area contributed by atoms with Crippen LogP contribution in [0.15, 0.2) is 23.8 Å². The number of esters is 1. The van der Waals surface area contributed by atoms with Crippen molar-refractivity contribution in [2.24, 2.45) is 11.8 Å². The van der Waals surface area contributed by atoms with Crippen LogP contribution in [0, 0.1) is 11.8 Å². The number of methoxy groups -OCH3 is 3. The molecule has 0 aromatic heterocycles. The molecule has 0 radical (unpaired) electrons. The van der Waals surface area contributed by atoms with E-state index in [1.54, 1.807) is 12.1 Å². The fraction of sp³-hybridized carbons (Fsp3) is 0.640. The Labute approximate surface area is 190 Å². The van der Waals surface area contributed by atoms with Crippen molar-refractivity contribution in [3.8, 4) is 17.2 Å². The molecule has 5 atom stereocenters. The summed E-state index contributed by atoms with van der Waals surface area (Å²) >= 11 is 0. The Kier molecular flexibility index (Phi) is 7.40. The average Bonchev–Trinajstić information content (AvgIpc) is 3.39. The Bertz CT molecular complexity index is 837. The van der Waals surface area contributed by atoms with E-state index < -0.39 is 18.2 Å². The molecule has 3 rings (SSSR count). The summed E-state index contributed by atoms with van der Waals surface area (Å²) in [5.41, 5.74) is 1.10. The van der Waals surface area contributed by atoms with Gasteiger partial charge in [0.1, 0.15) is 6.10 Å². The molecule has 0 unspecified atom stereocenters. The molecule has 178 valence electrons. The third-order valence-electron chi connectivity index (χ3n) is 6.64. The van der Waals surface area contributed by atoms with Crippen LogP contribution in [0.1, 0.15) is 57.3 Å². The smallest absolute Gasteiger partial charge is 0.339 e. The van der Waals surface area contributed by atoms with Gasteiger partial charge in [0, 0.05) is 12.3 Å². The summed E-state index contributed by atoms with van der Waals surface area (Å²) in [6.07, 6.45) is 3.19. The maximum atomic E-state index is 13.2. The first-order chi connectivity index (χ1) is 15.1. The van der Waals surface area contributed by atoms with Crippen molar-refractivity contribution in [3.63, 3.8) is 0 Å². The highest BCUT2D eigenvalue weighted by molar-refractivity contribution is 5.91. The van der Waals surface area contributed by atoms with E-state index in [1.807, 2.05) is 26.8 Å². The van der Waals surface area contributed by atoms with Crippen LogP contribution in [0.3, 0.4) is 0 Å². The SMILES string of the molecule is COc1cc(C(=O)O[C@@H]2/C=C(\C)CC[C@@H]3O[C@]3(C)C[C@H](O)[C@@H]2C(C)C)cc(OC)c1OC. The summed E-state index contributed by atoms with van der Waals surface area (Å²) in [5.74, 6) is 0.468. The number of benzene rings is 1. The van der Waals surface area contributed by atoms with Crippen molar-refractivity contribution in [1.82, 2.24) is 0 Å². The number of rotatable bonds is 6. The van der Waals surface area contributed by atoms with E-state index in [4.69, 9.17) is 23.7 Å². The van der Waals surface area contributed by atoms with Crippen LogP contribution in [0.2, 0.25) is 0 Å². The van der Waals surface area contributed by atoms with Gasteiger partial charge in [0.2, 0.25) is 5.75 Å². The molecular formula is C25H36O7. The zero-order valence-electron chi connectivity index (χ0n) is 20.1. The highest BCUT2D eigenvalue weighted by atomic mass is 16.6. The molecule has 1 fully saturated rings. The summed E-state index contributed by atoms with van der Waals surface area (Å²) in [5, 5.41) is 11.1. The third-order valence-corrected chi connectivity index (χ3v) is 6.64. The molecule has 32 heavy (non-hydrogen) atoms. The van der Waals surface area contributed by atoms with Gasteiger partial charge in [-0.2, -0.15) is 0 Å². The first kappa shape index (κ1) is 24.4. The Morgan fingerprint density at radius 3 is 2.31 bits per heavy atom. The first-order valence-electron chi connectivity index (χ1n) is 11.2. The number of hydrogen-bond donors (Lipinski definition) is 1. The van der Waals surface area contributed by atoms with Crippen LogP contribution >= 0.6 is 0 Å². The van der Waals surface area contributed by atoms with E-state index in [2.05, 4.69) is 6.92 Å². The highest BCUT2D eigenvalue weighted by Crippen LogP contribution is 2.46. The average molecular weight is 449 g/mol. The van der Waals surface area contributed by atoms with Gasteiger partial charge in [-0.1, -0.05) is 19.4 Å². The highest BCUT2D eigenvalue weighted by Gasteiger charge is 2.54. The van der Waals surface area contributed by atoms with Crippen molar-refractivity contribution < 1.29 is 33.6 Å². The summed E-state index contributed by atoms with van der Waals surface area (Å²) in [7, 11) is 4.51. The lowest BCUT2D eigenvalue weighted by Gasteiger charge is -2.33. The fourth-order valence-corrected chi connectivity index (χ4v) is 4.77. The van der Waals surface area contributed by atoms with Gasteiger partial charge in [-0.15, -0.1) is 0 Å². The summed E-state index contributed by atoms with van der Waals surface area (Å²) < 4.78 is 28.0. The molecule has 0 saturated carbocycles. The van der Waals surface area contributed by atoms with E-state index >= 15 is 0 Å². The molecular weight excluding hydrogens is 412 g/mol. The number of ether oxygens (including phenoxy) is 5. The van der Waals surface area contributed by atoms with E-state index in [-0.39, 0.29) is 29.1 Å². The largest absolute Gasteiger partial charge is 0.493 e. The molecule has 7 nitrogen and oxygen atoms in total. The molecule has 1 aliphatic carbocycles. The van der Waals surface area contributed by atoms with E-state index in [0.717, 1.165) is 18.4 Å². The number of fused-ring (bicyclic) bond motifs is 1. The summed E-state index contributed by atoms with van der Waals surface area (Å²) in [6, 6.07) is 3.15. The Morgan fingerprint density at radius 2 is 1.78 bits per heavy atom. The van der Waals surface area contributed by atoms with Crippen LogP contribution in [-0.2, 0) is 9.47 Å². The van der Waals surface area contributed by atoms with Crippen molar-refractivity contribution >= 4 is 5.97 Å². The van der Waals surface area contributed by atoms with Crippen molar-refractivity contribution in [2.45, 2.75) is 70.9 Å². The van der Waals surface area contributed by atoms with Gasteiger partial charge in [0.15, 0.2) is 11.5 Å². The van der Waals surface area contributed by atoms with Gasteiger partial charge in [-0.3, -0.25) is 0 Å². The zero-order chi connectivity index (χ0) is 23.6. The molecule has 1 saturated heterocycles. The third kappa shape index (κ3) is 5.04. The number of epoxide rings is 1. The van der Waals surface area contributed by atoms with Crippen LogP contribution in [0.4, 0.5) is 0 Å². The van der Waals surface area contributed by atoms with E-state index in [1.165, 1.54) is 21.3 Å². The minimum atomic E-state index is -0.662. The van der Waals surface area contributed by atoms with Gasteiger partial charge in [0.25, 0.3) is 0 Å². The molecule has 1 heterocycles. The maximum absolute atomic E-state index is 13.2. The minimum absolute atomic E-state index is 0.0898. The Morgan fingerprint density at radius 1 is 1.16 bits per heavy atom. The number of aliphatic hydroxyl groups excluding tert-OH is 1. The molecule has 1 N–H and O–H groups in total.